The van der Waals surface area contributed by atoms with Crippen LogP contribution in [-0.2, 0) is 6.54 Å². The molecule has 0 aromatic heterocycles. The quantitative estimate of drug-likeness (QED) is 0.844. The smallest absolute Gasteiger partial charge is 0.115 e. The minimum atomic E-state index is 0.354. The Hall–Kier alpha value is -0.670. The zero-order valence-corrected chi connectivity index (χ0v) is 10.5. The van der Waals surface area contributed by atoms with E-state index < -0.39 is 0 Å². The average molecular weight is 237 g/mol. The van der Waals surface area contributed by atoms with Crippen LogP contribution in [0.2, 0.25) is 0 Å². The molecule has 2 unspecified atom stereocenters. The molecule has 0 aliphatic heterocycles. The van der Waals surface area contributed by atoms with E-state index in [1.165, 1.54) is 19.3 Å². The summed E-state index contributed by atoms with van der Waals surface area (Å²) in [5.74, 6) is 0.354. The Balaban J connectivity index is 1.87. The molecular weight excluding hydrogens is 218 g/mol. The monoisotopic (exact) mass is 237 g/mol. The highest BCUT2D eigenvalue weighted by molar-refractivity contribution is 7.99. The highest BCUT2D eigenvalue weighted by Gasteiger charge is 2.25. The lowest BCUT2D eigenvalue weighted by atomic mass is 10.2. The first-order valence-corrected chi connectivity index (χ1v) is 7.12. The van der Waals surface area contributed by atoms with Crippen molar-refractivity contribution >= 4 is 11.8 Å². The predicted molar refractivity (Wildman–Crippen MR) is 69.9 cm³/mol. The van der Waals surface area contributed by atoms with Gasteiger partial charge in [0.15, 0.2) is 0 Å². The van der Waals surface area contributed by atoms with Crippen molar-refractivity contribution in [3.8, 4) is 5.75 Å². The molecule has 1 aromatic rings. The number of phenols is 1. The Morgan fingerprint density at radius 1 is 1.44 bits per heavy atom. The average Bonchev–Trinajstić information content (AvgIpc) is 2.74. The van der Waals surface area contributed by atoms with Crippen LogP contribution in [0.4, 0.5) is 0 Å². The zero-order chi connectivity index (χ0) is 11.4. The zero-order valence-electron chi connectivity index (χ0n) is 9.65. The molecule has 3 heteroatoms. The van der Waals surface area contributed by atoms with Crippen LogP contribution in [0.25, 0.3) is 0 Å². The van der Waals surface area contributed by atoms with Crippen molar-refractivity contribution in [3.63, 3.8) is 0 Å². The van der Waals surface area contributed by atoms with Gasteiger partial charge in [0.05, 0.1) is 0 Å². The first kappa shape index (κ1) is 11.8. The lowest BCUT2D eigenvalue weighted by Gasteiger charge is -2.19. The van der Waals surface area contributed by atoms with E-state index in [1.54, 1.807) is 6.07 Å². The third kappa shape index (κ3) is 2.92. The molecule has 1 fully saturated rings. The molecule has 1 aromatic carbocycles. The SMILES string of the molecule is CSC1CCCC1NCc1cccc(O)c1. The number of phenolic OH excluding ortho intramolecular Hbond substituents is 1. The molecule has 16 heavy (non-hydrogen) atoms. The van der Waals surface area contributed by atoms with E-state index in [0.717, 1.165) is 17.4 Å². The second-order valence-corrected chi connectivity index (χ2v) is 5.44. The second kappa shape index (κ2) is 5.60. The van der Waals surface area contributed by atoms with E-state index >= 15 is 0 Å². The summed E-state index contributed by atoms with van der Waals surface area (Å²) < 4.78 is 0. The van der Waals surface area contributed by atoms with Gasteiger partial charge >= 0.3 is 0 Å². The van der Waals surface area contributed by atoms with Crippen molar-refractivity contribution in [2.75, 3.05) is 6.26 Å². The third-order valence-electron chi connectivity index (χ3n) is 3.23. The van der Waals surface area contributed by atoms with Gasteiger partial charge in [-0.25, -0.2) is 0 Å². The van der Waals surface area contributed by atoms with Gasteiger partial charge in [-0.3, -0.25) is 0 Å². The van der Waals surface area contributed by atoms with E-state index in [4.69, 9.17) is 0 Å². The number of benzene rings is 1. The normalized spacial score (nSPS) is 24.8. The highest BCUT2D eigenvalue weighted by atomic mass is 32.2. The molecule has 2 N–H and O–H groups in total. The van der Waals surface area contributed by atoms with E-state index in [9.17, 15) is 5.11 Å². The summed E-state index contributed by atoms with van der Waals surface area (Å²) in [5.41, 5.74) is 1.16. The van der Waals surface area contributed by atoms with Gasteiger partial charge in [-0.1, -0.05) is 18.6 Å². The number of rotatable bonds is 4. The van der Waals surface area contributed by atoms with Gasteiger partial charge in [0, 0.05) is 17.8 Å². The summed E-state index contributed by atoms with van der Waals surface area (Å²) in [7, 11) is 0. The summed E-state index contributed by atoms with van der Waals surface area (Å²) in [6.07, 6.45) is 6.14. The number of hydrogen-bond acceptors (Lipinski definition) is 3. The minimum absolute atomic E-state index is 0.354. The van der Waals surface area contributed by atoms with Gasteiger partial charge in [-0.15, -0.1) is 0 Å². The van der Waals surface area contributed by atoms with E-state index in [1.807, 2.05) is 23.9 Å². The van der Waals surface area contributed by atoms with Crippen LogP contribution in [0.5, 0.6) is 5.75 Å². The Morgan fingerprint density at radius 2 is 2.31 bits per heavy atom. The van der Waals surface area contributed by atoms with Gasteiger partial charge in [0.25, 0.3) is 0 Å². The van der Waals surface area contributed by atoms with Crippen LogP contribution in [0.3, 0.4) is 0 Å². The van der Waals surface area contributed by atoms with Gasteiger partial charge < -0.3 is 10.4 Å². The molecule has 0 radical (unpaired) electrons. The van der Waals surface area contributed by atoms with Gasteiger partial charge in [-0.05, 0) is 36.8 Å². The van der Waals surface area contributed by atoms with E-state index in [2.05, 4.69) is 17.6 Å². The summed E-state index contributed by atoms with van der Waals surface area (Å²) in [6, 6.07) is 8.13. The molecule has 2 nitrogen and oxygen atoms in total. The summed E-state index contributed by atoms with van der Waals surface area (Å²) in [5, 5.41) is 13.7. The first-order valence-electron chi connectivity index (χ1n) is 5.83. The molecule has 0 amide bonds. The van der Waals surface area contributed by atoms with Crippen LogP contribution >= 0.6 is 11.8 Å². The molecule has 0 spiro atoms. The predicted octanol–water partition coefficient (Wildman–Crippen LogP) is 2.77. The molecule has 1 saturated carbocycles. The molecule has 0 bridgehead atoms. The number of nitrogens with one attached hydrogen (secondary N) is 1. The number of thioether (sulfide) groups is 1. The molecule has 1 aliphatic carbocycles. The fourth-order valence-corrected chi connectivity index (χ4v) is 3.32. The Kier molecular flexibility index (Phi) is 4.13. The van der Waals surface area contributed by atoms with Gasteiger partial charge in [-0.2, -0.15) is 11.8 Å². The van der Waals surface area contributed by atoms with Crippen molar-refractivity contribution in [1.29, 1.82) is 0 Å². The highest BCUT2D eigenvalue weighted by Crippen LogP contribution is 2.28. The maximum atomic E-state index is 9.37. The maximum Gasteiger partial charge on any atom is 0.115 e. The lowest BCUT2D eigenvalue weighted by Crippen LogP contribution is -2.33. The lowest BCUT2D eigenvalue weighted by molar-refractivity contribution is 0.472. The fraction of sp³-hybridized carbons (Fsp3) is 0.538. The number of hydrogen-bond donors (Lipinski definition) is 2. The summed E-state index contributed by atoms with van der Waals surface area (Å²) in [6.45, 7) is 0.857. The Labute approximate surface area is 101 Å². The van der Waals surface area contributed by atoms with Gasteiger partial charge in [0.1, 0.15) is 5.75 Å². The second-order valence-electron chi connectivity index (χ2n) is 4.36. The Bertz CT molecular complexity index is 342. The molecule has 0 saturated heterocycles. The molecule has 2 rings (SSSR count). The Morgan fingerprint density at radius 3 is 3.06 bits per heavy atom. The van der Waals surface area contributed by atoms with Crippen LogP contribution in [0.1, 0.15) is 24.8 Å². The van der Waals surface area contributed by atoms with Crippen LogP contribution < -0.4 is 5.32 Å². The molecule has 2 atom stereocenters. The van der Waals surface area contributed by atoms with Crippen molar-refractivity contribution < 1.29 is 5.11 Å². The summed E-state index contributed by atoms with van der Waals surface area (Å²) >= 11 is 1.97. The number of aromatic hydroxyl groups is 1. The van der Waals surface area contributed by atoms with Crippen LogP contribution in [0, 0.1) is 0 Å². The largest absolute Gasteiger partial charge is 0.508 e. The first-order chi connectivity index (χ1) is 7.79. The molecular formula is C13H19NOS. The topological polar surface area (TPSA) is 32.3 Å². The van der Waals surface area contributed by atoms with Crippen molar-refractivity contribution in [2.45, 2.75) is 37.1 Å². The van der Waals surface area contributed by atoms with Crippen molar-refractivity contribution in [2.24, 2.45) is 0 Å². The summed E-state index contributed by atoms with van der Waals surface area (Å²) in [4.78, 5) is 0. The standard InChI is InChI=1S/C13H19NOS/c1-16-13-7-3-6-12(13)14-9-10-4-2-5-11(15)8-10/h2,4-5,8,12-15H,3,6-7,9H2,1H3. The van der Waals surface area contributed by atoms with Gasteiger partial charge in [0.2, 0.25) is 0 Å². The molecule has 0 heterocycles. The van der Waals surface area contributed by atoms with E-state index in [-0.39, 0.29) is 0 Å². The fourth-order valence-electron chi connectivity index (χ4n) is 2.36. The maximum absolute atomic E-state index is 9.37. The molecule has 88 valence electrons. The van der Waals surface area contributed by atoms with Crippen LogP contribution in [-0.4, -0.2) is 22.7 Å². The van der Waals surface area contributed by atoms with Crippen LogP contribution in [0.15, 0.2) is 24.3 Å². The van der Waals surface area contributed by atoms with E-state index in [0.29, 0.717) is 11.8 Å². The third-order valence-corrected chi connectivity index (χ3v) is 4.40. The van der Waals surface area contributed by atoms with Crippen molar-refractivity contribution in [3.05, 3.63) is 29.8 Å². The van der Waals surface area contributed by atoms with Crippen molar-refractivity contribution in [1.82, 2.24) is 5.32 Å². The molecule has 1 aliphatic rings. The minimum Gasteiger partial charge on any atom is -0.508 e.